The maximum Gasteiger partial charge on any atom is 0.469 e. The zero-order chi connectivity index (χ0) is 6.62. The second-order valence-electron chi connectivity index (χ2n) is 1.05. The topological polar surface area (TPSA) is 87.0 Å². The Labute approximate surface area is 67.2 Å². The molecule has 0 saturated carbocycles. The molecule has 5 nitrogen and oxygen atoms in total. The molecular weight excluding hydrogens is 183 g/mol. The van der Waals surface area contributed by atoms with Crippen LogP contribution >= 0.6 is 7.82 Å². The molecule has 7 heteroatoms. The normalized spacial score (nSPS) is 10.6. The summed E-state index contributed by atoms with van der Waals surface area (Å²) in [4.78, 5) is 15.9. The number of aliphatic hydroxyl groups excluding tert-OH is 1. The maximum absolute atomic E-state index is 9.75. The van der Waals surface area contributed by atoms with Crippen molar-refractivity contribution >= 4 is 7.82 Å². The Bertz CT molecular complexity index is 99.1. The summed E-state index contributed by atoms with van der Waals surface area (Å²) in [6, 6.07) is 0. The fourth-order valence-corrected chi connectivity index (χ4v) is 0.479. The van der Waals surface area contributed by atoms with E-state index >= 15 is 0 Å². The first-order valence-electron chi connectivity index (χ1n) is 1.87. The number of hydrogen-bond donors (Lipinski definition) is 3. The van der Waals surface area contributed by atoms with Crippen LogP contribution in [-0.2, 0) is 30.8 Å². The van der Waals surface area contributed by atoms with Crippen molar-refractivity contribution in [3.8, 4) is 0 Å². The van der Waals surface area contributed by atoms with E-state index in [9.17, 15) is 4.57 Å². The van der Waals surface area contributed by atoms with Crippen LogP contribution in [-0.4, -0.2) is 28.1 Å². The van der Waals surface area contributed by atoms with Gasteiger partial charge in [-0.25, -0.2) is 4.57 Å². The van der Waals surface area contributed by atoms with Gasteiger partial charge >= 0.3 is 7.82 Å². The van der Waals surface area contributed by atoms with Crippen LogP contribution in [0.3, 0.4) is 0 Å². The average molecular weight is 190 g/mol. The Morgan fingerprint density at radius 1 is 1.44 bits per heavy atom. The van der Waals surface area contributed by atoms with Gasteiger partial charge in [0.15, 0.2) is 0 Å². The summed E-state index contributed by atoms with van der Waals surface area (Å²) in [5, 5.41) is 7.96. The molecule has 0 atom stereocenters. The monoisotopic (exact) mass is 190 g/mol. The van der Waals surface area contributed by atoms with Gasteiger partial charge < -0.3 is 14.9 Å². The van der Waals surface area contributed by atoms with Crippen molar-refractivity contribution in [2.75, 3.05) is 13.2 Å². The molecule has 0 spiro atoms. The molecule has 0 bridgehead atoms. The fraction of sp³-hybridized carbons (Fsp3) is 1.00. The molecule has 0 saturated heterocycles. The summed E-state index contributed by atoms with van der Waals surface area (Å²) >= 11 is 0. The van der Waals surface area contributed by atoms with Gasteiger partial charge in [0.1, 0.15) is 0 Å². The van der Waals surface area contributed by atoms with Gasteiger partial charge in [-0.3, -0.25) is 4.52 Å². The second-order valence-corrected chi connectivity index (χ2v) is 2.29. The fourth-order valence-electron chi connectivity index (χ4n) is 0.160. The summed E-state index contributed by atoms with van der Waals surface area (Å²) in [5.41, 5.74) is 0. The molecule has 0 amide bonds. The Morgan fingerprint density at radius 2 is 1.89 bits per heavy atom. The van der Waals surface area contributed by atoms with Crippen LogP contribution < -0.4 is 0 Å². The van der Waals surface area contributed by atoms with Crippen LogP contribution in [0.15, 0.2) is 0 Å². The number of phosphoric ester groups is 1. The third-order valence-corrected chi connectivity index (χ3v) is 0.870. The largest absolute Gasteiger partial charge is 0.469 e. The molecule has 3 N–H and O–H groups in total. The van der Waals surface area contributed by atoms with Crippen LogP contribution in [0.2, 0.25) is 0 Å². The molecule has 9 heavy (non-hydrogen) atoms. The van der Waals surface area contributed by atoms with Crippen LogP contribution in [0.1, 0.15) is 0 Å². The van der Waals surface area contributed by atoms with Gasteiger partial charge in [-0.15, -0.1) is 0 Å². The van der Waals surface area contributed by atoms with E-state index in [1.165, 1.54) is 0 Å². The van der Waals surface area contributed by atoms with Crippen molar-refractivity contribution in [1.82, 2.24) is 0 Å². The van der Waals surface area contributed by atoms with Crippen LogP contribution in [0.5, 0.6) is 0 Å². The Hall–Kier alpha value is 0.784. The first kappa shape index (κ1) is 12.5. The third kappa shape index (κ3) is 12.1. The second kappa shape index (κ2) is 5.56. The molecule has 0 fully saturated rings. The van der Waals surface area contributed by atoms with Gasteiger partial charge in [-0.1, -0.05) is 0 Å². The van der Waals surface area contributed by atoms with E-state index in [2.05, 4.69) is 4.52 Å². The van der Waals surface area contributed by atoms with E-state index in [4.69, 9.17) is 14.9 Å². The average Bonchev–Trinajstić information content (AvgIpc) is 1.59. The van der Waals surface area contributed by atoms with Gasteiger partial charge in [0.25, 0.3) is 0 Å². The van der Waals surface area contributed by atoms with Crippen molar-refractivity contribution in [1.29, 1.82) is 0 Å². The summed E-state index contributed by atoms with van der Waals surface area (Å²) in [6.45, 7) is -0.713. The molecule has 0 aromatic rings. The molecule has 0 aliphatic rings. The summed E-state index contributed by atoms with van der Waals surface area (Å²) in [6.07, 6.45) is 0. The third-order valence-electron chi connectivity index (χ3n) is 0.351. The molecular formula is C2H7O5PTi. The predicted molar refractivity (Wildman–Crippen MR) is 25.1 cm³/mol. The Balaban J connectivity index is 0. The van der Waals surface area contributed by atoms with Crippen LogP contribution in [0.4, 0.5) is 0 Å². The van der Waals surface area contributed by atoms with E-state index in [1.54, 1.807) is 0 Å². The van der Waals surface area contributed by atoms with E-state index in [1.807, 2.05) is 0 Å². The Morgan fingerprint density at radius 3 is 2.00 bits per heavy atom. The van der Waals surface area contributed by atoms with Gasteiger partial charge in [-0.05, 0) is 0 Å². The first-order valence-corrected chi connectivity index (χ1v) is 3.40. The zero-order valence-electron chi connectivity index (χ0n) is 4.52. The van der Waals surface area contributed by atoms with Gasteiger partial charge in [-0.2, -0.15) is 0 Å². The predicted octanol–water partition coefficient (Wildman–Crippen LogP) is -0.915. The molecule has 0 aliphatic carbocycles. The smallest absolute Gasteiger partial charge is 0.394 e. The zero-order valence-corrected chi connectivity index (χ0v) is 6.98. The van der Waals surface area contributed by atoms with Crippen molar-refractivity contribution < 1.29 is 45.7 Å². The quantitative estimate of drug-likeness (QED) is 0.395. The number of phosphoric acid groups is 1. The van der Waals surface area contributed by atoms with E-state index in [0.717, 1.165) is 0 Å². The van der Waals surface area contributed by atoms with E-state index in [-0.39, 0.29) is 34.9 Å². The van der Waals surface area contributed by atoms with Gasteiger partial charge in [0.05, 0.1) is 13.2 Å². The molecule has 0 aromatic carbocycles. The molecule has 0 heterocycles. The molecule has 0 aliphatic heterocycles. The number of aliphatic hydroxyl groups is 1. The van der Waals surface area contributed by atoms with Crippen molar-refractivity contribution in [3.63, 3.8) is 0 Å². The minimum Gasteiger partial charge on any atom is -0.394 e. The van der Waals surface area contributed by atoms with Gasteiger partial charge in [0.2, 0.25) is 0 Å². The van der Waals surface area contributed by atoms with Crippen LogP contribution in [0.25, 0.3) is 0 Å². The number of hydrogen-bond acceptors (Lipinski definition) is 3. The SMILES string of the molecule is O=P(O)(O)OCCO.[Ti]. The van der Waals surface area contributed by atoms with Crippen LogP contribution in [0, 0.1) is 0 Å². The maximum atomic E-state index is 9.75. The molecule has 0 unspecified atom stereocenters. The summed E-state index contributed by atoms with van der Waals surface area (Å²) < 4.78 is 13.5. The van der Waals surface area contributed by atoms with Crippen molar-refractivity contribution in [2.45, 2.75) is 0 Å². The standard InChI is InChI=1S/C2H7O5P.Ti/c3-1-2-7-8(4,5)6;/h3H,1-2H2,(H2,4,5,6);. The van der Waals surface area contributed by atoms with E-state index < -0.39 is 7.82 Å². The Kier molecular flexibility index (Phi) is 7.70. The van der Waals surface area contributed by atoms with Gasteiger partial charge in [0, 0.05) is 21.7 Å². The first-order chi connectivity index (χ1) is 3.56. The van der Waals surface area contributed by atoms with E-state index in [0.29, 0.717) is 0 Å². The summed E-state index contributed by atoms with van der Waals surface area (Å²) in [5.74, 6) is 0. The molecule has 54 valence electrons. The van der Waals surface area contributed by atoms with Crippen molar-refractivity contribution in [2.24, 2.45) is 0 Å². The molecule has 0 rings (SSSR count). The minimum absolute atomic E-state index is 0. The minimum atomic E-state index is -4.34. The molecule has 0 radical (unpaired) electrons. The molecule has 0 aromatic heterocycles. The summed E-state index contributed by atoms with van der Waals surface area (Å²) in [7, 11) is -4.34. The van der Waals surface area contributed by atoms with Crippen molar-refractivity contribution in [3.05, 3.63) is 0 Å². The number of rotatable bonds is 3.